The van der Waals surface area contributed by atoms with E-state index in [1.807, 2.05) is 11.5 Å². The lowest BCUT2D eigenvalue weighted by molar-refractivity contribution is 0.0937. The molecule has 26 heavy (non-hydrogen) atoms. The molecule has 8 heteroatoms. The Bertz CT molecular complexity index is 843. The van der Waals surface area contributed by atoms with Gasteiger partial charge in [-0.3, -0.25) is 4.79 Å². The molecule has 0 bridgehead atoms. The molecule has 1 aromatic heterocycles. The molecule has 1 aliphatic carbocycles. The SMILES string of the molecule is C[C@H](CNS(=O)(=O)c1cccc(C(=O)NC2CCCC2)c1)n1ccnc1. The zero-order chi connectivity index (χ0) is 18.6. The molecule has 0 saturated heterocycles. The zero-order valence-corrected chi connectivity index (χ0v) is 15.6. The van der Waals surface area contributed by atoms with Gasteiger partial charge in [-0.2, -0.15) is 0 Å². The fourth-order valence-corrected chi connectivity index (χ4v) is 4.26. The van der Waals surface area contributed by atoms with Crippen LogP contribution in [0.2, 0.25) is 0 Å². The van der Waals surface area contributed by atoms with Crippen LogP contribution in [0.15, 0.2) is 47.9 Å². The van der Waals surface area contributed by atoms with Gasteiger partial charge < -0.3 is 9.88 Å². The van der Waals surface area contributed by atoms with Crippen LogP contribution in [0, 0.1) is 0 Å². The van der Waals surface area contributed by atoms with Crippen LogP contribution in [0.1, 0.15) is 49.0 Å². The molecule has 0 spiro atoms. The molecular weight excluding hydrogens is 352 g/mol. The Morgan fingerprint density at radius 2 is 2.12 bits per heavy atom. The molecule has 2 aromatic rings. The molecule has 1 amide bonds. The van der Waals surface area contributed by atoms with Crippen LogP contribution < -0.4 is 10.0 Å². The second kappa shape index (κ2) is 8.01. The molecule has 140 valence electrons. The molecule has 7 nitrogen and oxygen atoms in total. The van der Waals surface area contributed by atoms with Crippen LogP contribution in [0.5, 0.6) is 0 Å². The summed E-state index contributed by atoms with van der Waals surface area (Å²) in [5.74, 6) is -0.222. The number of nitrogens with one attached hydrogen (secondary N) is 2. The fourth-order valence-electron chi connectivity index (χ4n) is 3.09. The molecule has 2 N–H and O–H groups in total. The second-order valence-electron chi connectivity index (χ2n) is 6.69. The van der Waals surface area contributed by atoms with E-state index in [2.05, 4.69) is 15.0 Å². The van der Waals surface area contributed by atoms with E-state index in [4.69, 9.17) is 0 Å². The van der Waals surface area contributed by atoms with E-state index >= 15 is 0 Å². The Kier molecular flexibility index (Phi) is 5.73. The van der Waals surface area contributed by atoms with E-state index in [1.54, 1.807) is 30.9 Å². The quantitative estimate of drug-likeness (QED) is 0.774. The maximum Gasteiger partial charge on any atom is 0.251 e. The van der Waals surface area contributed by atoms with Gasteiger partial charge in [0.15, 0.2) is 0 Å². The summed E-state index contributed by atoms with van der Waals surface area (Å²) in [5, 5.41) is 2.98. The molecule has 1 heterocycles. The summed E-state index contributed by atoms with van der Waals surface area (Å²) in [4.78, 5) is 16.4. The van der Waals surface area contributed by atoms with E-state index in [1.165, 1.54) is 12.1 Å². The summed E-state index contributed by atoms with van der Waals surface area (Å²) in [5.41, 5.74) is 0.363. The van der Waals surface area contributed by atoms with Gasteiger partial charge in [0.2, 0.25) is 10.0 Å². The average molecular weight is 376 g/mol. The molecular formula is C18H24N4O3S. The molecule has 0 radical (unpaired) electrons. The van der Waals surface area contributed by atoms with Crippen LogP contribution in [-0.2, 0) is 10.0 Å². The number of nitrogens with zero attached hydrogens (tertiary/aromatic N) is 2. The minimum absolute atomic E-state index is 0.0684. The number of imidazole rings is 1. The number of hydrogen-bond acceptors (Lipinski definition) is 4. The molecule has 1 aromatic carbocycles. The first-order valence-electron chi connectivity index (χ1n) is 8.84. The fraction of sp³-hybridized carbons (Fsp3) is 0.444. The smallest absolute Gasteiger partial charge is 0.251 e. The van der Waals surface area contributed by atoms with E-state index in [9.17, 15) is 13.2 Å². The van der Waals surface area contributed by atoms with E-state index in [0.717, 1.165) is 25.7 Å². The second-order valence-corrected chi connectivity index (χ2v) is 8.46. The highest BCUT2D eigenvalue weighted by Crippen LogP contribution is 2.19. The molecule has 3 rings (SSSR count). The summed E-state index contributed by atoms with van der Waals surface area (Å²) in [6, 6.07) is 6.28. The van der Waals surface area contributed by atoms with Gasteiger partial charge in [-0.05, 0) is 38.0 Å². The highest BCUT2D eigenvalue weighted by atomic mass is 32.2. The average Bonchev–Trinajstić information content (AvgIpc) is 3.33. The third kappa shape index (κ3) is 4.50. The lowest BCUT2D eigenvalue weighted by Crippen LogP contribution is -2.33. The lowest BCUT2D eigenvalue weighted by atomic mass is 10.2. The van der Waals surface area contributed by atoms with Crippen molar-refractivity contribution in [2.75, 3.05) is 6.54 Å². The zero-order valence-electron chi connectivity index (χ0n) is 14.8. The lowest BCUT2D eigenvalue weighted by Gasteiger charge is -2.15. The summed E-state index contributed by atoms with van der Waals surface area (Å²) in [6.07, 6.45) is 9.29. The van der Waals surface area contributed by atoms with Gasteiger partial charge in [0, 0.05) is 36.6 Å². The van der Waals surface area contributed by atoms with Gasteiger partial charge in [0.25, 0.3) is 5.91 Å². The summed E-state index contributed by atoms with van der Waals surface area (Å²) in [6.45, 7) is 2.13. The van der Waals surface area contributed by atoms with Crippen molar-refractivity contribution in [1.29, 1.82) is 0 Å². The van der Waals surface area contributed by atoms with Gasteiger partial charge in [0.1, 0.15) is 0 Å². The number of amides is 1. The van der Waals surface area contributed by atoms with Crippen LogP contribution in [0.25, 0.3) is 0 Å². The standard InChI is InChI=1S/C18H24N4O3S/c1-14(22-10-9-19-13-22)12-20-26(24,25)17-8-4-5-15(11-17)18(23)21-16-6-2-3-7-16/h4-5,8-11,13-14,16,20H,2-3,6-7,12H2,1H3,(H,21,23)/t14-/m1/s1. The highest BCUT2D eigenvalue weighted by Gasteiger charge is 2.20. The molecule has 0 aliphatic heterocycles. The maximum atomic E-state index is 12.6. The van der Waals surface area contributed by atoms with Crippen LogP contribution in [-0.4, -0.2) is 36.5 Å². The van der Waals surface area contributed by atoms with Crippen molar-refractivity contribution < 1.29 is 13.2 Å². The van der Waals surface area contributed by atoms with Crippen molar-refractivity contribution in [3.63, 3.8) is 0 Å². The Balaban J connectivity index is 1.66. The number of sulfonamides is 1. The first kappa shape index (κ1) is 18.6. The molecule has 1 fully saturated rings. The van der Waals surface area contributed by atoms with Gasteiger partial charge in [0.05, 0.1) is 11.2 Å². The number of carbonyl (C=O) groups is 1. The summed E-state index contributed by atoms with van der Waals surface area (Å²) < 4.78 is 29.5. The predicted molar refractivity (Wildman–Crippen MR) is 98.3 cm³/mol. The first-order chi connectivity index (χ1) is 12.5. The molecule has 1 saturated carbocycles. The van der Waals surface area contributed by atoms with Crippen LogP contribution in [0.4, 0.5) is 0 Å². The van der Waals surface area contributed by atoms with E-state index in [-0.39, 0.29) is 29.4 Å². The largest absolute Gasteiger partial charge is 0.349 e. The normalized spacial score (nSPS) is 16.5. The monoisotopic (exact) mass is 376 g/mol. The minimum Gasteiger partial charge on any atom is -0.349 e. The molecule has 1 atom stereocenters. The summed E-state index contributed by atoms with van der Waals surface area (Å²) >= 11 is 0. The third-order valence-corrected chi connectivity index (χ3v) is 6.12. The van der Waals surface area contributed by atoms with Gasteiger partial charge in [-0.15, -0.1) is 0 Å². The Morgan fingerprint density at radius 1 is 1.35 bits per heavy atom. The van der Waals surface area contributed by atoms with Crippen molar-refractivity contribution in [2.24, 2.45) is 0 Å². The van der Waals surface area contributed by atoms with E-state index < -0.39 is 10.0 Å². The van der Waals surface area contributed by atoms with Gasteiger partial charge in [-0.25, -0.2) is 18.1 Å². The summed E-state index contributed by atoms with van der Waals surface area (Å²) in [7, 11) is -3.69. The van der Waals surface area contributed by atoms with Crippen LogP contribution >= 0.6 is 0 Å². The molecule has 0 unspecified atom stereocenters. The van der Waals surface area contributed by atoms with E-state index in [0.29, 0.717) is 5.56 Å². The predicted octanol–water partition coefficient (Wildman–Crippen LogP) is 2.09. The number of rotatable bonds is 7. The Labute approximate surface area is 153 Å². The third-order valence-electron chi connectivity index (χ3n) is 4.70. The Hall–Kier alpha value is -2.19. The van der Waals surface area contributed by atoms with Crippen LogP contribution in [0.3, 0.4) is 0 Å². The number of carbonyl (C=O) groups excluding carboxylic acids is 1. The van der Waals surface area contributed by atoms with Crippen molar-refractivity contribution in [2.45, 2.75) is 49.6 Å². The van der Waals surface area contributed by atoms with Crippen molar-refractivity contribution >= 4 is 15.9 Å². The van der Waals surface area contributed by atoms with Gasteiger partial charge in [-0.1, -0.05) is 18.9 Å². The number of benzene rings is 1. The number of hydrogen-bond donors (Lipinski definition) is 2. The van der Waals surface area contributed by atoms with Crippen molar-refractivity contribution in [3.8, 4) is 0 Å². The number of aromatic nitrogens is 2. The maximum absolute atomic E-state index is 12.6. The molecule has 1 aliphatic rings. The highest BCUT2D eigenvalue weighted by molar-refractivity contribution is 7.89. The minimum atomic E-state index is -3.69. The van der Waals surface area contributed by atoms with Crippen molar-refractivity contribution in [1.82, 2.24) is 19.6 Å². The first-order valence-corrected chi connectivity index (χ1v) is 10.3. The topological polar surface area (TPSA) is 93.1 Å². The Morgan fingerprint density at radius 3 is 2.81 bits per heavy atom. The van der Waals surface area contributed by atoms with Gasteiger partial charge >= 0.3 is 0 Å². The van der Waals surface area contributed by atoms with Crippen molar-refractivity contribution in [3.05, 3.63) is 48.5 Å².